The van der Waals surface area contributed by atoms with Crippen molar-refractivity contribution in [1.29, 1.82) is 0 Å². The third-order valence-electron chi connectivity index (χ3n) is 3.12. The van der Waals surface area contributed by atoms with E-state index in [1.165, 1.54) is 0 Å². The van der Waals surface area contributed by atoms with E-state index in [2.05, 4.69) is 0 Å². The molecule has 0 N–H and O–H groups in total. The molecule has 0 aliphatic carbocycles. The van der Waals surface area contributed by atoms with Crippen LogP contribution in [0.5, 0.6) is 0 Å². The number of carbonyl (C=O) groups excluding carboxylic acids is 1. The summed E-state index contributed by atoms with van der Waals surface area (Å²) in [5.41, 5.74) is 0.755. The maximum atomic E-state index is 12.3. The van der Waals surface area contributed by atoms with E-state index >= 15 is 0 Å². The van der Waals surface area contributed by atoms with Crippen LogP contribution in [0, 0.1) is 0 Å². The molecule has 0 atom stereocenters. The number of rotatable bonds is 3. The van der Waals surface area contributed by atoms with Crippen LogP contribution < -0.4 is 5.63 Å². The Labute approximate surface area is 135 Å². The lowest BCUT2D eigenvalue weighted by molar-refractivity contribution is 0.108. The number of hydrogen-bond donors (Lipinski definition) is 0. The first kappa shape index (κ1) is 14.9. The third kappa shape index (κ3) is 3.08. The Morgan fingerprint density at radius 1 is 1.09 bits per heavy atom. The second-order valence-corrected chi connectivity index (χ2v) is 5.97. The van der Waals surface area contributed by atoms with Gasteiger partial charge in [0.15, 0.2) is 0 Å². The zero-order valence-corrected chi connectivity index (χ0v) is 13.0. The summed E-state index contributed by atoms with van der Waals surface area (Å²) in [6, 6.07) is 16.0. The number of carbonyl (C=O) groups is 1. The molecule has 0 bridgehead atoms. The van der Waals surface area contributed by atoms with Crippen LogP contribution in [-0.4, -0.2) is 5.12 Å². The van der Waals surface area contributed by atoms with Gasteiger partial charge in [-0.05, 0) is 47.7 Å². The van der Waals surface area contributed by atoms with E-state index in [0.29, 0.717) is 16.8 Å². The zero-order chi connectivity index (χ0) is 15.5. The molecule has 1 heterocycles. The van der Waals surface area contributed by atoms with E-state index in [0.717, 1.165) is 22.2 Å². The molecule has 0 unspecified atom stereocenters. The molecule has 110 valence electrons. The van der Waals surface area contributed by atoms with Gasteiger partial charge in [0.1, 0.15) is 11.1 Å². The normalized spacial score (nSPS) is 10.8. The molecule has 0 aliphatic rings. The first-order chi connectivity index (χ1) is 10.7. The predicted molar refractivity (Wildman–Crippen MR) is 88.7 cm³/mol. The topological polar surface area (TPSA) is 47.3 Å². The van der Waals surface area contributed by atoms with Crippen LogP contribution in [0.15, 0.2) is 68.7 Å². The Morgan fingerprint density at radius 3 is 2.59 bits per heavy atom. The Balaban J connectivity index is 2.00. The molecule has 3 nitrogen and oxygen atoms in total. The van der Waals surface area contributed by atoms with E-state index in [4.69, 9.17) is 16.0 Å². The van der Waals surface area contributed by atoms with Gasteiger partial charge in [-0.15, -0.1) is 11.6 Å². The molecule has 3 aromatic rings. The van der Waals surface area contributed by atoms with Gasteiger partial charge < -0.3 is 4.42 Å². The molecule has 0 aliphatic heterocycles. The fraction of sp³-hybridized carbons (Fsp3) is 0.0588. The smallest absolute Gasteiger partial charge is 0.348 e. The molecule has 2 aromatic carbocycles. The van der Waals surface area contributed by atoms with Crippen LogP contribution >= 0.6 is 23.4 Å². The highest BCUT2D eigenvalue weighted by molar-refractivity contribution is 8.14. The lowest BCUT2D eigenvalue weighted by Crippen LogP contribution is -2.11. The van der Waals surface area contributed by atoms with Gasteiger partial charge in [-0.25, -0.2) is 4.79 Å². The van der Waals surface area contributed by atoms with Gasteiger partial charge in [0.25, 0.3) is 0 Å². The summed E-state index contributed by atoms with van der Waals surface area (Å²) in [6.07, 6.45) is 0. The summed E-state index contributed by atoms with van der Waals surface area (Å²) in [5.74, 6) is 0.358. The summed E-state index contributed by atoms with van der Waals surface area (Å²) in [4.78, 5) is 25.1. The minimum atomic E-state index is -0.625. The van der Waals surface area contributed by atoms with Crippen molar-refractivity contribution in [3.8, 4) is 0 Å². The Bertz CT molecular complexity index is 887. The lowest BCUT2D eigenvalue weighted by Gasteiger charge is -2.03. The highest BCUT2D eigenvalue weighted by atomic mass is 35.5. The number of halogens is 1. The predicted octanol–water partition coefficient (Wildman–Crippen LogP) is 4.46. The van der Waals surface area contributed by atoms with Gasteiger partial charge in [0, 0.05) is 16.2 Å². The molecule has 0 saturated carbocycles. The molecular weight excluding hydrogens is 320 g/mol. The van der Waals surface area contributed by atoms with Gasteiger partial charge >= 0.3 is 5.63 Å². The fourth-order valence-electron chi connectivity index (χ4n) is 2.05. The Kier molecular flexibility index (Phi) is 4.32. The van der Waals surface area contributed by atoms with Crippen LogP contribution in [0.3, 0.4) is 0 Å². The second kappa shape index (κ2) is 6.38. The van der Waals surface area contributed by atoms with Crippen LogP contribution in [0.1, 0.15) is 15.9 Å². The number of thioether (sulfide) groups is 1. The van der Waals surface area contributed by atoms with E-state index in [1.807, 2.05) is 36.4 Å². The lowest BCUT2D eigenvalue weighted by atomic mass is 10.1. The molecule has 0 spiro atoms. The third-order valence-corrected chi connectivity index (χ3v) is 4.35. The minimum Gasteiger partial charge on any atom is -0.422 e. The first-order valence-electron chi connectivity index (χ1n) is 6.57. The van der Waals surface area contributed by atoms with Crippen LogP contribution in [0.4, 0.5) is 0 Å². The number of fused-ring (bicyclic) bond motifs is 1. The molecule has 0 radical (unpaired) electrons. The summed E-state index contributed by atoms with van der Waals surface area (Å²) >= 11 is 6.81. The number of alkyl halides is 1. The maximum absolute atomic E-state index is 12.3. The zero-order valence-electron chi connectivity index (χ0n) is 11.4. The average Bonchev–Trinajstić information content (AvgIpc) is 2.54. The van der Waals surface area contributed by atoms with Crippen molar-refractivity contribution in [2.24, 2.45) is 0 Å². The van der Waals surface area contributed by atoms with Gasteiger partial charge in [0.05, 0.1) is 0 Å². The molecule has 3 rings (SSSR count). The maximum Gasteiger partial charge on any atom is 0.348 e. The molecule has 0 fully saturated rings. The second-order valence-electron chi connectivity index (χ2n) is 4.66. The minimum absolute atomic E-state index is 0.0353. The molecule has 0 saturated heterocycles. The van der Waals surface area contributed by atoms with Crippen molar-refractivity contribution in [1.82, 2.24) is 0 Å². The summed E-state index contributed by atoms with van der Waals surface area (Å²) < 4.78 is 5.22. The van der Waals surface area contributed by atoms with E-state index in [9.17, 15) is 9.59 Å². The Morgan fingerprint density at radius 2 is 1.86 bits per heavy atom. The molecule has 5 heteroatoms. The Hall–Kier alpha value is -2.04. The largest absolute Gasteiger partial charge is 0.422 e. The highest BCUT2D eigenvalue weighted by Gasteiger charge is 2.15. The van der Waals surface area contributed by atoms with E-state index in [-0.39, 0.29) is 10.7 Å². The molecular formula is C17H11ClO3S. The van der Waals surface area contributed by atoms with Crippen LogP contribution in [0.25, 0.3) is 11.0 Å². The standard InChI is InChI=1S/C17H11ClO3S/c18-10-11-6-7-15-12(8-11)9-14(16(19)21-15)17(20)22-13-4-2-1-3-5-13/h1-9H,10H2. The summed E-state index contributed by atoms with van der Waals surface area (Å²) in [5, 5.41) is 0.355. The molecule has 1 aromatic heterocycles. The van der Waals surface area contributed by atoms with Crippen LogP contribution in [0.2, 0.25) is 0 Å². The number of hydrogen-bond acceptors (Lipinski definition) is 4. The summed E-state index contributed by atoms with van der Waals surface area (Å²) in [6.45, 7) is 0. The van der Waals surface area contributed by atoms with Gasteiger partial charge in [-0.2, -0.15) is 0 Å². The van der Waals surface area contributed by atoms with Gasteiger partial charge in [0.2, 0.25) is 5.12 Å². The van der Waals surface area contributed by atoms with Crippen molar-refractivity contribution >= 4 is 39.4 Å². The van der Waals surface area contributed by atoms with Crippen molar-refractivity contribution in [2.75, 3.05) is 0 Å². The molecule has 0 amide bonds. The van der Waals surface area contributed by atoms with E-state index in [1.54, 1.807) is 18.2 Å². The fourth-order valence-corrected chi connectivity index (χ4v) is 2.97. The SMILES string of the molecule is O=C(Sc1ccccc1)c1cc2cc(CCl)ccc2oc1=O. The first-order valence-corrected chi connectivity index (χ1v) is 7.92. The van der Waals surface area contributed by atoms with Crippen molar-refractivity contribution in [3.05, 3.63) is 76.1 Å². The van der Waals surface area contributed by atoms with E-state index < -0.39 is 5.63 Å². The van der Waals surface area contributed by atoms with Crippen molar-refractivity contribution < 1.29 is 9.21 Å². The summed E-state index contributed by atoms with van der Waals surface area (Å²) in [7, 11) is 0. The van der Waals surface area contributed by atoms with Crippen LogP contribution in [-0.2, 0) is 5.88 Å². The quantitative estimate of drug-likeness (QED) is 0.404. The molecule has 22 heavy (non-hydrogen) atoms. The number of benzene rings is 2. The average molecular weight is 331 g/mol. The van der Waals surface area contributed by atoms with Crippen molar-refractivity contribution in [3.63, 3.8) is 0 Å². The van der Waals surface area contributed by atoms with Gasteiger partial charge in [-0.3, -0.25) is 4.79 Å². The highest BCUT2D eigenvalue weighted by Crippen LogP contribution is 2.23. The van der Waals surface area contributed by atoms with Crippen molar-refractivity contribution in [2.45, 2.75) is 10.8 Å². The van der Waals surface area contributed by atoms with Gasteiger partial charge in [-0.1, -0.05) is 24.3 Å². The monoisotopic (exact) mass is 330 g/mol.